The lowest BCUT2D eigenvalue weighted by atomic mass is 9.91. The van der Waals surface area contributed by atoms with Gasteiger partial charge in [0, 0.05) is 31.5 Å². The third-order valence-electron chi connectivity index (χ3n) is 2.90. The lowest BCUT2D eigenvalue weighted by Crippen LogP contribution is -2.51. The quantitative estimate of drug-likeness (QED) is 0.814. The number of nitrogens with zero attached hydrogens (tertiary/aromatic N) is 1. The van der Waals surface area contributed by atoms with Crippen LogP contribution in [0.5, 0.6) is 0 Å². The fourth-order valence-corrected chi connectivity index (χ4v) is 2.27. The first kappa shape index (κ1) is 14.3. The monoisotopic (exact) mass is 252 g/mol. The molecule has 1 fully saturated rings. The number of alkyl halides is 3. The molecule has 0 aliphatic carbocycles. The van der Waals surface area contributed by atoms with E-state index in [1.807, 2.05) is 0 Å². The van der Waals surface area contributed by atoms with Crippen molar-refractivity contribution in [2.45, 2.75) is 38.9 Å². The molecule has 0 bridgehead atoms. The van der Waals surface area contributed by atoms with Gasteiger partial charge in [0.2, 0.25) is 5.91 Å². The van der Waals surface area contributed by atoms with E-state index < -0.39 is 18.5 Å². The lowest BCUT2D eigenvalue weighted by Gasteiger charge is -2.37. The Hall–Kier alpha value is -0.780. The summed E-state index contributed by atoms with van der Waals surface area (Å²) in [6.45, 7) is 4.01. The van der Waals surface area contributed by atoms with Crippen molar-refractivity contribution in [1.82, 2.24) is 4.90 Å². The third-order valence-corrected chi connectivity index (χ3v) is 2.90. The van der Waals surface area contributed by atoms with Gasteiger partial charge in [-0.1, -0.05) is 13.8 Å². The first-order chi connectivity index (χ1) is 7.69. The molecule has 1 amide bonds. The highest BCUT2D eigenvalue weighted by atomic mass is 19.4. The average Bonchev–Trinajstić information content (AvgIpc) is 2.12. The Kier molecular flexibility index (Phi) is 4.41. The van der Waals surface area contributed by atoms with Gasteiger partial charge < -0.3 is 10.6 Å². The van der Waals surface area contributed by atoms with Gasteiger partial charge in [-0.2, -0.15) is 13.2 Å². The Bertz CT molecular complexity index is 278. The van der Waals surface area contributed by atoms with Gasteiger partial charge in [0.05, 0.1) is 0 Å². The molecule has 0 aromatic rings. The van der Waals surface area contributed by atoms with E-state index in [2.05, 4.69) is 0 Å². The van der Waals surface area contributed by atoms with E-state index >= 15 is 0 Å². The van der Waals surface area contributed by atoms with Crippen molar-refractivity contribution in [3.05, 3.63) is 0 Å². The van der Waals surface area contributed by atoms with Crippen LogP contribution in [0.25, 0.3) is 0 Å². The second-order valence-corrected chi connectivity index (χ2v) is 5.08. The highest BCUT2D eigenvalue weighted by Gasteiger charge is 2.37. The minimum Gasteiger partial charge on any atom is -0.341 e. The number of amides is 1. The molecular formula is C11H19F3N2O. The number of carbonyl (C=O) groups excluding carboxylic acids is 1. The van der Waals surface area contributed by atoms with Crippen LogP contribution in [-0.4, -0.2) is 36.1 Å². The number of piperidine rings is 1. The Balaban J connectivity index is 2.62. The van der Waals surface area contributed by atoms with Gasteiger partial charge in [-0.3, -0.25) is 4.79 Å². The van der Waals surface area contributed by atoms with Crippen LogP contribution < -0.4 is 5.73 Å². The average molecular weight is 252 g/mol. The summed E-state index contributed by atoms with van der Waals surface area (Å²) in [6.07, 6.45) is -4.71. The molecule has 6 heteroatoms. The van der Waals surface area contributed by atoms with E-state index in [1.54, 1.807) is 13.8 Å². The summed E-state index contributed by atoms with van der Waals surface area (Å²) in [5.74, 6) is -0.888. The largest absolute Gasteiger partial charge is 0.389 e. The fourth-order valence-electron chi connectivity index (χ4n) is 2.27. The molecule has 2 unspecified atom stereocenters. The van der Waals surface area contributed by atoms with Crippen LogP contribution >= 0.6 is 0 Å². The highest BCUT2D eigenvalue weighted by molar-refractivity contribution is 5.78. The molecule has 1 saturated heterocycles. The van der Waals surface area contributed by atoms with Gasteiger partial charge in [0.15, 0.2) is 0 Å². The Morgan fingerprint density at radius 2 is 2.00 bits per heavy atom. The Morgan fingerprint density at radius 1 is 1.41 bits per heavy atom. The molecule has 0 spiro atoms. The van der Waals surface area contributed by atoms with E-state index in [0.717, 1.165) is 0 Å². The summed E-state index contributed by atoms with van der Waals surface area (Å²) in [4.78, 5) is 13.2. The number of likely N-dealkylation sites (tertiary alicyclic amines) is 1. The molecule has 0 aromatic heterocycles. The van der Waals surface area contributed by atoms with Gasteiger partial charge >= 0.3 is 6.18 Å². The number of nitrogens with two attached hydrogens (primary N) is 1. The molecule has 0 saturated carbocycles. The van der Waals surface area contributed by atoms with Gasteiger partial charge in [-0.15, -0.1) is 0 Å². The first-order valence-corrected chi connectivity index (χ1v) is 5.80. The SMILES string of the molecule is CC(C)C(=O)N1CC(N)CC(CC(F)(F)F)C1. The Labute approximate surface area is 99.1 Å². The summed E-state index contributed by atoms with van der Waals surface area (Å²) in [6, 6.07) is -0.348. The van der Waals surface area contributed by atoms with Gasteiger partial charge in [0.1, 0.15) is 0 Å². The molecule has 100 valence electrons. The van der Waals surface area contributed by atoms with Crippen LogP contribution in [0.3, 0.4) is 0 Å². The summed E-state index contributed by atoms with van der Waals surface area (Å²) in [5, 5.41) is 0. The first-order valence-electron chi connectivity index (χ1n) is 5.80. The third kappa shape index (κ3) is 4.53. The zero-order valence-electron chi connectivity index (χ0n) is 10.1. The number of hydrogen-bond donors (Lipinski definition) is 1. The predicted molar refractivity (Wildman–Crippen MR) is 58.2 cm³/mol. The van der Waals surface area contributed by atoms with E-state index in [-0.39, 0.29) is 24.4 Å². The van der Waals surface area contributed by atoms with Gasteiger partial charge in [0.25, 0.3) is 0 Å². The van der Waals surface area contributed by atoms with E-state index in [4.69, 9.17) is 5.73 Å². The number of hydrogen-bond acceptors (Lipinski definition) is 2. The van der Waals surface area contributed by atoms with E-state index in [9.17, 15) is 18.0 Å². The lowest BCUT2D eigenvalue weighted by molar-refractivity contribution is -0.154. The van der Waals surface area contributed by atoms with Crippen LogP contribution in [0.4, 0.5) is 13.2 Å². The number of carbonyl (C=O) groups is 1. The van der Waals surface area contributed by atoms with Crippen molar-refractivity contribution >= 4 is 5.91 Å². The molecule has 0 aromatic carbocycles. The molecular weight excluding hydrogens is 233 g/mol. The van der Waals surface area contributed by atoms with E-state index in [0.29, 0.717) is 13.0 Å². The van der Waals surface area contributed by atoms with Crippen molar-refractivity contribution in [2.24, 2.45) is 17.6 Å². The van der Waals surface area contributed by atoms with E-state index in [1.165, 1.54) is 4.90 Å². The van der Waals surface area contributed by atoms with Crippen LogP contribution in [-0.2, 0) is 4.79 Å². The molecule has 1 aliphatic rings. The van der Waals surface area contributed by atoms with Crippen molar-refractivity contribution in [3.63, 3.8) is 0 Å². The summed E-state index contributed by atoms with van der Waals surface area (Å²) in [5.41, 5.74) is 5.71. The zero-order chi connectivity index (χ0) is 13.2. The summed E-state index contributed by atoms with van der Waals surface area (Å²) >= 11 is 0. The standard InChI is InChI=1S/C11H19F3N2O/c1-7(2)10(17)16-5-8(3-9(15)6-16)4-11(12,13)14/h7-9H,3-6,15H2,1-2H3. The molecule has 0 radical (unpaired) electrons. The maximum Gasteiger partial charge on any atom is 0.389 e. The molecule has 3 nitrogen and oxygen atoms in total. The Morgan fingerprint density at radius 3 is 2.47 bits per heavy atom. The number of halogens is 3. The predicted octanol–water partition coefficient (Wildman–Crippen LogP) is 1.77. The second kappa shape index (κ2) is 5.25. The molecule has 1 rings (SSSR count). The molecule has 1 aliphatic heterocycles. The molecule has 17 heavy (non-hydrogen) atoms. The zero-order valence-corrected chi connectivity index (χ0v) is 10.1. The van der Waals surface area contributed by atoms with Crippen molar-refractivity contribution in [1.29, 1.82) is 0 Å². The minimum atomic E-state index is -4.19. The molecule has 2 N–H and O–H groups in total. The topological polar surface area (TPSA) is 46.3 Å². The summed E-state index contributed by atoms with van der Waals surface area (Å²) < 4.78 is 36.9. The smallest absolute Gasteiger partial charge is 0.341 e. The molecule has 1 heterocycles. The highest BCUT2D eigenvalue weighted by Crippen LogP contribution is 2.30. The maximum absolute atomic E-state index is 12.3. The second-order valence-electron chi connectivity index (χ2n) is 5.08. The number of rotatable bonds is 2. The molecule has 2 atom stereocenters. The minimum absolute atomic E-state index is 0.118. The van der Waals surface area contributed by atoms with Crippen molar-refractivity contribution in [2.75, 3.05) is 13.1 Å². The normalized spacial score (nSPS) is 26.4. The van der Waals surface area contributed by atoms with Crippen LogP contribution in [0.15, 0.2) is 0 Å². The van der Waals surface area contributed by atoms with Crippen molar-refractivity contribution in [3.8, 4) is 0 Å². The van der Waals surface area contributed by atoms with Crippen LogP contribution in [0.2, 0.25) is 0 Å². The fraction of sp³-hybridized carbons (Fsp3) is 0.909. The maximum atomic E-state index is 12.3. The summed E-state index contributed by atoms with van der Waals surface area (Å²) in [7, 11) is 0. The van der Waals surface area contributed by atoms with Gasteiger partial charge in [-0.05, 0) is 12.3 Å². The van der Waals surface area contributed by atoms with Crippen LogP contribution in [0.1, 0.15) is 26.7 Å². The van der Waals surface area contributed by atoms with Crippen molar-refractivity contribution < 1.29 is 18.0 Å². The van der Waals surface area contributed by atoms with Crippen LogP contribution in [0, 0.1) is 11.8 Å². The van der Waals surface area contributed by atoms with Gasteiger partial charge in [-0.25, -0.2) is 0 Å².